The standard InChI is InChI=1S/C17H20N4O5/c1-11(19-20-7-9-26-10-8-20)14-15(22)18-17(24)21(16(14)23)12-3-5-13(25-2)6-4-12/h3-6,23H,7-10H2,1-2H3,(H,18,22,24)/b19-11+. The molecule has 1 aliphatic rings. The van der Waals surface area contributed by atoms with Crippen molar-refractivity contribution < 1.29 is 14.6 Å². The Morgan fingerprint density at radius 3 is 2.50 bits per heavy atom. The molecule has 2 N–H and O–H groups in total. The van der Waals surface area contributed by atoms with Gasteiger partial charge >= 0.3 is 5.69 Å². The number of ether oxygens (including phenoxy) is 2. The van der Waals surface area contributed by atoms with Gasteiger partial charge in [-0.05, 0) is 31.2 Å². The lowest BCUT2D eigenvalue weighted by molar-refractivity contribution is 0.0393. The minimum Gasteiger partial charge on any atom is -0.497 e. The fourth-order valence-electron chi connectivity index (χ4n) is 2.74. The van der Waals surface area contributed by atoms with E-state index in [9.17, 15) is 14.7 Å². The Labute approximate surface area is 149 Å². The van der Waals surface area contributed by atoms with E-state index in [2.05, 4.69) is 10.1 Å². The summed E-state index contributed by atoms with van der Waals surface area (Å²) in [6, 6.07) is 6.52. The summed E-state index contributed by atoms with van der Waals surface area (Å²) in [5.41, 5.74) is -0.767. The highest BCUT2D eigenvalue weighted by atomic mass is 16.5. The first-order valence-corrected chi connectivity index (χ1v) is 8.12. The maximum absolute atomic E-state index is 12.3. The van der Waals surface area contributed by atoms with E-state index in [1.165, 1.54) is 7.11 Å². The number of nitrogens with zero attached hydrogens (tertiary/aromatic N) is 3. The first-order chi connectivity index (χ1) is 12.5. The smallest absolute Gasteiger partial charge is 0.335 e. The van der Waals surface area contributed by atoms with E-state index in [1.54, 1.807) is 36.2 Å². The molecular weight excluding hydrogens is 340 g/mol. The summed E-state index contributed by atoms with van der Waals surface area (Å²) in [4.78, 5) is 26.7. The summed E-state index contributed by atoms with van der Waals surface area (Å²) < 4.78 is 11.4. The van der Waals surface area contributed by atoms with Gasteiger partial charge in [0.05, 0.1) is 44.8 Å². The largest absolute Gasteiger partial charge is 0.497 e. The summed E-state index contributed by atoms with van der Waals surface area (Å²) in [6.07, 6.45) is 0. The Morgan fingerprint density at radius 2 is 1.88 bits per heavy atom. The molecule has 0 bridgehead atoms. The van der Waals surface area contributed by atoms with Crippen molar-refractivity contribution in [2.24, 2.45) is 5.10 Å². The van der Waals surface area contributed by atoms with E-state index in [0.717, 1.165) is 4.57 Å². The Balaban J connectivity index is 2.07. The maximum Gasteiger partial charge on any atom is 0.335 e. The highest BCUT2D eigenvalue weighted by Gasteiger charge is 2.19. The van der Waals surface area contributed by atoms with Crippen molar-refractivity contribution in [3.05, 3.63) is 50.7 Å². The van der Waals surface area contributed by atoms with E-state index in [-0.39, 0.29) is 5.56 Å². The number of aromatic hydroxyl groups is 1. The number of rotatable bonds is 4. The van der Waals surface area contributed by atoms with Gasteiger partial charge in [0.1, 0.15) is 11.3 Å². The van der Waals surface area contributed by atoms with Crippen LogP contribution >= 0.6 is 0 Å². The molecule has 2 aromatic rings. The van der Waals surface area contributed by atoms with Crippen molar-refractivity contribution in [1.29, 1.82) is 0 Å². The normalized spacial score (nSPS) is 15.2. The fraction of sp³-hybridized carbons (Fsp3) is 0.353. The predicted molar refractivity (Wildman–Crippen MR) is 95.5 cm³/mol. The monoisotopic (exact) mass is 360 g/mol. The molecular formula is C17H20N4O5. The molecule has 0 amide bonds. The predicted octanol–water partition coefficient (Wildman–Crippen LogP) is 0.296. The van der Waals surface area contributed by atoms with Crippen LogP contribution in [-0.4, -0.2) is 58.8 Å². The van der Waals surface area contributed by atoms with Gasteiger partial charge in [0.25, 0.3) is 5.56 Å². The van der Waals surface area contributed by atoms with Crippen LogP contribution in [0.1, 0.15) is 12.5 Å². The summed E-state index contributed by atoms with van der Waals surface area (Å²) in [6.45, 7) is 3.89. The number of aromatic nitrogens is 2. The number of aromatic amines is 1. The van der Waals surface area contributed by atoms with Crippen LogP contribution in [0, 0.1) is 0 Å². The first-order valence-electron chi connectivity index (χ1n) is 8.12. The summed E-state index contributed by atoms with van der Waals surface area (Å²) in [5.74, 6) is 0.148. The van der Waals surface area contributed by atoms with Crippen LogP contribution in [0.3, 0.4) is 0 Å². The minimum atomic E-state index is -0.736. The zero-order chi connectivity index (χ0) is 18.7. The van der Waals surface area contributed by atoms with Crippen LogP contribution in [0.2, 0.25) is 0 Å². The van der Waals surface area contributed by atoms with Crippen LogP contribution in [-0.2, 0) is 4.74 Å². The molecule has 0 radical (unpaired) electrons. The molecule has 26 heavy (non-hydrogen) atoms. The third-order valence-electron chi connectivity index (χ3n) is 4.06. The SMILES string of the molecule is COc1ccc(-n2c(O)c(/C(C)=N/N3CCOCC3)c(=O)[nH]c2=O)cc1. The van der Waals surface area contributed by atoms with Gasteiger partial charge in [0.15, 0.2) is 0 Å². The number of hydrogen-bond acceptors (Lipinski definition) is 7. The number of morpholine rings is 1. The molecule has 0 atom stereocenters. The Hall–Kier alpha value is -3.07. The summed E-state index contributed by atoms with van der Waals surface area (Å²) >= 11 is 0. The minimum absolute atomic E-state index is 0.0492. The maximum atomic E-state index is 12.3. The van der Waals surface area contributed by atoms with Gasteiger partial charge in [-0.15, -0.1) is 0 Å². The zero-order valence-corrected chi connectivity index (χ0v) is 14.6. The second-order valence-corrected chi connectivity index (χ2v) is 5.74. The Kier molecular flexibility index (Phi) is 5.08. The van der Waals surface area contributed by atoms with Gasteiger partial charge in [-0.2, -0.15) is 5.10 Å². The molecule has 138 valence electrons. The Morgan fingerprint density at radius 1 is 1.23 bits per heavy atom. The average Bonchev–Trinajstić information content (AvgIpc) is 2.62. The number of nitrogens with one attached hydrogen (secondary N) is 1. The molecule has 0 spiro atoms. The zero-order valence-electron chi connectivity index (χ0n) is 14.6. The van der Waals surface area contributed by atoms with Crippen molar-refractivity contribution in [1.82, 2.24) is 14.6 Å². The highest BCUT2D eigenvalue weighted by molar-refractivity contribution is 6.00. The van der Waals surface area contributed by atoms with Crippen LogP contribution < -0.4 is 16.0 Å². The van der Waals surface area contributed by atoms with Gasteiger partial charge < -0.3 is 14.6 Å². The summed E-state index contributed by atoms with van der Waals surface area (Å²) in [7, 11) is 1.53. The van der Waals surface area contributed by atoms with Gasteiger partial charge in [-0.25, -0.2) is 9.36 Å². The molecule has 0 unspecified atom stereocenters. The third kappa shape index (κ3) is 3.47. The van der Waals surface area contributed by atoms with Crippen molar-refractivity contribution in [3.63, 3.8) is 0 Å². The molecule has 9 heteroatoms. The third-order valence-corrected chi connectivity index (χ3v) is 4.06. The molecule has 3 rings (SSSR count). The van der Waals surface area contributed by atoms with Crippen molar-refractivity contribution >= 4 is 5.71 Å². The molecule has 0 saturated carbocycles. The molecule has 2 heterocycles. The van der Waals surface area contributed by atoms with Crippen LogP contribution in [0.15, 0.2) is 39.0 Å². The topological polar surface area (TPSA) is 109 Å². The number of methoxy groups -OCH3 is 1. The van der Waals surface area contributed by atoms with Crippen LogP contribution in [0.5, 0.6) is 11.6 Å². The van der Waals surface area contributed by atoms with E-state index in [4.69, 9.17) is 9.47 Å². The van der Waals surface area contributed by atoms with Crippen LogP contribution in [0.4, 0.5) is 0 Å². The molecule has 1 aromatic heterocycles. The van der Waals surface area contributed by atoms with Gasteiger partial charge in [-0.1, -0.05) is 0 Å². The van der Waals surface area contributed by atoms with E-state index in [1.807, 2.05) is 0 Å². The number of hydrogen-bond donors (Lipinski definition) is 2. The lowest BCUT2D eigenvalue weighted by atomic mass is 10.2. The number of hydrazone groups is 1. The Bertz CT molecular complexity index is 924. The number of H-pyrrole nitrogens is 1. The van der Waals surface area contributed by atoms with E-state index >= 15 is 0 Å². The van der Waals surface area contributed by atoms with Crippen LogP contribution in [0.25, 0.3) is 5.69 Å². The fourth-order valence-corrected chi connectivity index (χ4v) is 2.74. The van der Waals surface area contributed by atoms with Gasteiger partial charge in [-0.3, -0.25) is 14.8 Å². The molecule has 1 aromatic carbocycles. The number of benzene rings is 1. The van der Waals surface area contributed by atoms with Crippen molar-refractivity contribution in [2.45, 2.75) is 6.92 Å². The molecule has 9 nitrogen and oxygen atoms in total. The van der Waals surface area contributed by atoms with E-state index in [0.29, 0.717) is 43.5 Å². The first kappa shape index (κ1) is 17.7. The second kappa shape index (κ2) is 7.44. The molecule has 1 fully saturated rings. The lowest BCUT2D eigenvalue weighted by Crippen LogP contribution is -2.35. The van der Waals surface area contributed by atoms with Crippen molar-refractivity contribution in [3.8, 4) is 17.3 Å². The average molecular weight is 360 g/mol. The highest BCUT2D eigenvalue weighted by Crippen LogP contribution is 2.20. The van der Waals surface area contributed by atoms with E-state index < -0.39 is 17.1 Å². The van der Waals surface area contributed by atoms with Crippen molar-refractivity contribution in [2.75, 3.05) is 33.4 Å². The molecule has 0 aliphatic carbocycles. The lowest BCUT2D eigenvalue weighted by Gasteiger charge is -2.24. The summed E-state index contributed by atoms with van der Waals surface area (Å²) in [5, 5.41) is 16.8. The van der Waals surface area contributed by atoms with Gasteiger partial charge in [0.2, 0.25) is 5.88 Å². The van der Waals surface area contributed by atoms with Gasteiger partial charge in [0, 0.05) is 0 Å². The molecule has 1 aliphatic heterocycles. The molecule has 1 saturated heterocycles. The second-order valence-electron chi connectivity index (χ2n) is 5.74. The quantitative estimate of drug-likeness (QED) is 0.759.